The maximum absolute atomic E-state index is 10.0. The molecule has 1 unspecified atom stereocenters. The van der Waals surface area contributed by atoms with E-state index in [9.17, 15) is 8.76 Å². The average molecular weight is 172 g/mol. The summed E-state index contributed by atoms with van der Waals surface area (Å²) in [5, 5.41) is 0. The number of nitrogens with two attached hydrogens (primary N) is 1. The van der Waals surface area contributed by atoms with Crippen molar-refractivity contribution in [1.29, 1.82) is 0 Å². The summed E-state index contributed by atoms with van der Waals surface area (Å²) in [6.07, 6.45) is 0. The molecule has 1 aromatic carbocycles. The minimum Gasteiger partial charge on any atom is -0.740 e. The van der Waals surface area contributed by atoms with Gasteiger partial charge in [-0.15, -0.1) is 0 Å². The zero-order valence-electron chi connectivity index (χ0n) is 5.52. The lowest BCUT2D eigenvalue weighted by Gasteiger charge is -2.06. The van der Waals surface area contributed by atoms with E-state index in [4.69, 9.17) is 5.73 Å². The van der Waals surface area contributed by atoms with Gasteiger partial charge in [0.1, 0.15) is 17.1 Å². The molecule has 0 spiro atoms. The Labute approximate surface area is 66.5 Å². The van der Waals surface area contributed by atoms with Crippen LogP contribution in [0.25, 0.3) is 0 Å². The second kappa shape index (κ2) is 3.36. The minimum absolute atomic E-state index is 0.221. The molecule has 0 aliphatic carbocycles. The molecule has 0 fully saturated rings. The van der Waals surface area contributed by atoms with Crippen LogP contribution >= 0.6 is 0 Å². The largest absolute Gasteiger partial charge is 0.740 e. The first kappa shape index (κ1) is 8.03. The lowest BCUT2D eigenvalue weighted by Crippen LogP contribution is -1.98. The summed E-state index contributed by atoms with van der Waals surface area (Å²) in [5.41, 5.74) is 5.82. The van der Waals surface area contributed by atoms with Crippen molar-refractivity contribution in [2.75, 3.05) is 5.73 Å². The third-order valence-electron chi connectivity index (χ3n) is 1.02. The van der Waals surface area contributed by atoms with Gasteiger partial charge in [-0.05, 0) is 12.1 Å². The van der Waals surface area contributed by atoms with Gasteiger partial charge in [0.25, 0.3) is 0 Å². The molecule has 1 rings (SSSR count). The predicted octanol–water partition coefficient (Wildman–Crippen LogP) is 0.442. The van der Waals surface area contributed by atoms with Crippen molar-refractivity contribution in [3.63, 3.8) is 0 Å². The van der Waals surface area contributed by atoms with Gasteiger partial charge in [0.05, 0.1) is 0 Å². The van der Waals surface area contributed by atoms with Crippen LogP contribution in [-0.4, -0.2) is 8.76 Å². The fraction of sp³-hybridized carbons (Fsp3) is 0. The molecule has 1 atom stereocenters. The standard InChI is InChI=1S/C6H7NO3S/c7-5-2-1-3-6(4-5)10-11(8)9/h1-4H,7H2,(H,8,9)/p-1. The monoisotopic (exact) mass is 172 g/mol. The Morgan fingerprint density at radius 2 is 2.27 bits per heavy atom. The van der Waals surface area contributed by atoms with E-state index in [0.29, 0.717) is 5.69 Å². The molecule has 0 bridgehead atoms. The van der Waals surface area contributed by atoms with Crippen LogP contribution < -0.4 is 9.92 Å². The Bertz CT molecular complexity index is 276. The summed E-state index contributed by atoms with van der Waals surface area (Å²) in [7, 11) is 0. The van der Waals surface area contributed by atoms with E-state index in [1.807, 2.05) is 0 Å². The van der Waals surface area contributed by atoms with Crippen molar-refractivity contribution in [3.8, 4) is 5.75 Å². The van der Waals surface area contributed by atoms with E-state index < -0.39 is 11.4 Å². The molecule has 4 nitrogen and oxygen atoms in total. The molecular formula is C6H6NO3S-. The zero-order chi connectivity index (χ0) is 8.27. The maximum Gasteiger partial charge on any atom is 0.141 e. The highest BCUT2D eigenvalue weighted by Gasteiger charge is 1.92. The molecule has 1 aromatic rings. The Balaban J connectivity index is 2.79. The molecule has 0 heterocycles. The smallest absolute Gasteiger partial charge is 0.141 e. The van der Waals surface area contributed by atoms with Crippen molar-refractivity contribution in [2.24, 2.45) is 0 Å². The van der Waals surface area contributed by atoms with Gasteiger partial charge < -0.3 is 14.5 Å². The van der Waals surface area contributed by atoms with Crippen LogP contribution in [0, 0.1) is 0 Å². The summed E-state index contributed by atoms with van der Waals surface area (Å²) < 4.78 is 24.4. The second-order valence-corrected chi connectivity index (χ2v) is 2.43. The number of hydrogen-bond acceptors (Lipinski definition) is 4. The lowest BCUT2D eigenvalue weighted by molar-refractivity contribution is 0.440. The first-order valence-corrected chi connectivity index (χ1v) is 3.81. The molecule has 11 heavy (non-hydrogen) atoms. The molecule has 0 aromatic heterocycles. The fourth-order valence-corrected chi connectivity index (χ4v) is 0.906. The topological polar surface area (TPSA) is 75.4 Å². The molecule has 0 radical (unpaired) electrons. The van der Waals surface area contributed by atoms with Crippen LogP contribution in [0.4, 0.5) is 5.69 Å². The normalized spacial score (nSPS) is 12.5. The Morgan fingerprint density at radius 1 is 1.55 bits per heavy atom. The number of rotatable bonds is 2. The molecule has 0 aliphatic heterocycles. The van der Waals surface area contributed by atoms with Crippen molar-refractivity contribution in [2.45, 2.75) is 0 Å². The molecule has 0 amide bonds. The first-order valence-electron chi connectivity index (χ1n) is 2.81. The van der Waals surface area contributed by atoms with E-state index in [-0.39, 0.29) is 5.75 Å². The Morgan fingerprint density at radius 3 is 2.82 bits per heavy atom. The van der Waals surface area contributed by atoms with Gasteiger partial charge in [0.15, 0.2) is 0 Å². The highest BCUT2D eigenvalue weighted by molar-refractivity contribution is 7.74. The van der Waals surface area contributed by atoms with Crippen LogP contribution in [-0.2, 0) is 11.4 Å². The highest BCUT2D eigenvalue weighted by Crippen LogP contribution is 2.14. The highest BCUT2D eigenvalue weighted by atomic mass is 32.2. The van der Waals surface area contributed by atoms with Crippen LogP contribution in [0.1, 0.15) is 0 Å². The predicted molar refractivity (Wildman–Crippen MR) is 40.4 cm³/mol. The number of anilines is 1. The summed E-state index contributed by atoms with van der Waals surface area (Å²) in [5.74, 6) is 0.221. The van der Waals surface area contributed by atoms with Crippen molar-refractivity contribution < 1.29 is 12.9 Å². The van der Waals surface area contributed by atoms with Crippen LogP contribution in [0.5, 0.6) is 5.75 Å². The number of benzene rings is 1. The van der Waals surface area contributed by atoms with Crippen LogP contribution in [0.3, 0.4) is 0 Å². The van der Waals surface area contributed by atoms with E-state index in [2.05, 4.69) is 4.18 Å². The Kier molecular flexibility index (Phi) is 2.45. The SMILES string of the molecule is Nc1cccc(OS(=O)[O-])c1. The quantitative estimate of drug-likeness (QED) is 0.518. The second-order valence-electron chi connectivity index (χ2n) is 1.86. The third kappa shape index (κ3) is 2.57. The summed E-state index contributed by atoms with van der Waals surface area (Å²) in [4.78, 5) is 0. The first-order chi connectivity index (χ1) is 5.18. The molecule has 0 aliphatic rings. The van der Waals surface area contributed by atoms with Crippen molar-refractivity contribution in [3.05, 3.63) is 24.3 Å². The number of hydrogen-bond donors (Lipinski definition) is 1. The lowest BCUT2D eigenvalue weighted by atomic mass is 10.3. The van der Waals surface area contributed by atoms with Crippen LogP contribution in [0.15, 0.2) is 24.3 Å². The summed E-state index contributed by atoms with van der Waals surface area (Å²) in [6.45, 7) is 0. The molecule has 2 N–H and O–H groups in total. The summed E-state index contributed by atoms with van der Waals surface area (Å²) in [6, 6.07) is 6.18. The van der Waals surface area contributed by atoms with Crippen LogP contribution in [0.2, 0.25) is 0 Å². The van der Waals surface area contributed by atoms with Gasteiger partial charge >= 0.3 is 0 Å². The molecule has 0 saturated heterocycles. The van der Waals surface area contributed by atoms with Gasteiger partial charge in [-0.3, -0.25) is 0 Å². The molecule has 60 valence electrons. The van der Waals surface area contributed by atoms with Gasteiger partial charge in [-0.1, -0.05) is 6.07 Å². The van der Waals surface area contributed by atoms with Gasteiger partial charge in [-0.25, -0.2) is 4.21 Å². The fourth-order valence-electron chi connectivity index (χ4n) is 0.645. The van der Waals surface area contributed by atoms with Gasteiger partial charge in [-0.2, -0.15) is 0 Å². The number of nitrogen functional groups attached to an aromatic ring is 1. The maximum atomic E-state index is 10.0. The van der Waals surface area contributed by atoms with E-state index in [1.165, 1.54) is 12.1 Å². The Hall–Kier alpha value is -1.07. The average Bonchev–Trinajstić information content (AvgIpc) is 1.85. The van der Waals surface area contributed by atoms with E-state index in [1.54, 1.807) is 12.1 Å². The third-order valence-corrected chi connectivity index (χ3v) is 1.35. The van der Waals surface area contributed by atoms with E-state index >= 15 is 0 Å². The molecular weight excluding hydrogens is 166 g/mol. The van der Waals surface area contributed by atoms with E-state index in [0.717, 1.165) is 0 Å². The van der Waals surface area contributed by atoms with Crippen molar-refractivity contribution >= 4 is 17.0 Å². The molecule has 5 heteroatoms. The zero-order valence-corrected chi connectivity index (χ0v) is 6.34. The summed E-state index contributed by atoms with van der Waals surface area (Å²) >= 11 is -2.53. The van der Waals surface area contributed by atoms with Gasteiger partial charge in [0, 0.05) is 11.8 Å². The van der Waals surface area contributed by atoms with Crippen molar-refractivity contribution in [1.82, 2.24) is 0 Å². The molecule has 0 saturated carbocycles. The van der Waals surface area contributed by atoms with Gasteiger partial charge in [0.2, 0.25) is 0 Å². The minimum atomic E-state index is -2.53.